The maximum atomic E-state index is 11.9. The summed E-state index contributed by atoms with van der Waals surface area (Å²) in [7, 11) is 0. The molecule has 0 N–H and O–H groups in total. The molecular formula is C16H19NO2. The minimum atomic E-state index is 0.0230. The summed E-state index contributed by atoms with van der Waals surface area (Å²) in [5, 5.41) is 0. The van der Waals surface area contributed by atoms with E-state index in [9.17, 15) is 4.79 Å². The SMILES string of the molecule is C[C@H]1OC(=O)[C@@H]2CC[C@H]3c4ccccc4CCN3[C@H]12. The number of piperidine rings is 1. The van der Waals surface area contributed by atoms with Crippen LogP contribution in [0.2, 0.25) is 0 Å². The highest BCUT2D eigenvalue weighted by Crippen LogP contribution is 2.45. The van der Waals surface area contributed by atoms with Gasteiger partial charge in [-0.3, -0.25) is 9.69 Å². The van der Waals surface area contributed by atoms with Gasteiger partial charge in [0.2, 0.25) is 0 Å². The highest BCUT2D eigenvalue weighted by atomic mass is 16.6. The monoisotopic (exact) mass is 257 g/mol. The van der Waals surface area contributed by atoms with Crippen LogP contribution in [0.3, 0.4) is 0 Å². The number of ether oxygens (including phenoxy) is 1. The van der Waals surface area contributed by atoms with Gasteiger partial charge in [-0.05, 0) is 37.3 Å². The number of hydrogen-bond acceptors (Lipinski definition) is 3. The first kappa shape index (κ1) is 11.5. The minimum absolute atomic E-state index is 0.0230. The van der Waals surface area contributed by atoms with Gasteiger partial charge in [0.15, 0.2) is 0 Å². The molecule has 19 heavy (non-hydrogen) atoms. The maximum Gasteiger partial charge on any atom is 0.310 e. The quantitative estimate of drug-likeness (QED) is 0.668. The van der Waals surface area contributed by atoms with Crippen molar-refractivity contribution in [3.63, 3.8) is 0 Å². The van der Waals surface area contributed by atoms with Gasteiger partial charge in [-0.25, -0.2) is 0 Å². The molecule has 0 aromatic heterocycles. The zero-order valence-corrected chi connectivity index (χ0v) is 11.2. The van der Waals surface area contributed by atoms with Crippen LogP contribution in [0, 0.1) is 5.92 Å². The fourth-order valence-corrected chi connectivity index (χ4v) is 4.28. The van der Waals surface area contributed by atoms with E-state index in [2.05, 4.69) is 29.2 Å². The molecule has 3 aliphatic heterocycles. The molecule has 1 aromatic rings. The van der Waals surface area contributed by atoms with Crippen molar-refractivity contribution >= 4 is 5.97 Å². The number of carbonyl (C=O) groups is 1. The Bertz CT molecular complexity index is 527. The maximum absolute atomic E-state index is 11.9. The summed E-state index contributed by atoms with van der Waals surface area (Å²) in [6, 6.07) is 9.55. The average Bonchev–Trinajstić information content (AvgIpc) is 2.74. The molecule has 3 heterocycles. The fraction of sp³-hybridized carbons (Fsp3) is 0.562. The summed E-state index contributed by atoms with van der Waals surface area (Å²) in [6.07, 6.45) is 3.20. The van der Waals surface area contributed by atoms with Crippen molar-refractivity contribution in [3.8, 4) is 0 Å². The van der Waals surface area contributed by atoms with E-state index in [1.54, 1.807) is 0 Å². The topological polar surface area (TPSA) is 29.5 Å². The van der Waals surface area contributed by atoms with Gasteiger partial charge in [-0.2, -0.15) is 0 Å². The number of hydrogen-bond donors (Lipinski definition) is 0. The molecule has 4 atom stereocenters. The Labute approximate surface area is 113 Å². The third-order valence-corrected chi connectivity index (χ3v) is 5.09. The first-order valence-corrected chi connectivity index (χ1v) is 7.30. The van der Waals surface area contributed by atoms with Crippen LogP contribution in [0.5, 0.6) is 0 Å². The Hall–Kier alpha value is -1.35. The molecule has 2 fully saturated rings. The molecule has 0 radical (unpaired) electrons. The molecule has 0 unspecified atom stereocenters. The molecule has 3 heteroatoms. The second kappa shape index (κ2) is 4.07. The lowest BCUT2D eigenvalue weighted by Gasteiger charge is -2.46. The highest BCUT2D eigenvalue weighted by molar-refractivity contribution is 5.76. The van der Waals surface area contributed by atoms with Gasteiger partial charge >= 0.3 is 5.97 Å². The normalized spacial score (nSPS) is 37.2. The van der Waals surface area contributed by atoms with E-state index in [1.165, 1.54) is 11.1 Å². The van der Waals surface area contributed by atoms with Crippen molar-refractivity contribution in [2.75, 3.05) is 6.54 Å². The van der Waals surface area contributed by atoms with Gasteiger partial charge < -0.3 is 4.74 Å². The third kappa shape index (κ3) is 1.57. The zero-order valence-electron chi connectivity index (χ0n) is 11.2. The Balaban J connectivity index is 1.72. The van der Waals surface area contributed by atoms with Crippen molar-refractivity contribution in [2.45, 2.75) is 44.4 Å². The van der Waals surface area contributed by atoms with Crippen LogP contribution in [0.4, 0.5) is 0 Å². The van der Waals surface area contributed by atoms with E-state index in [0.717, 1.165) is 25.8 Å². The molecule has 0 bridgehead atoms. The largest absolute Gasteiger partial charge is 0.461 e. The molecule has 1 aromatic carbocycles. The van der Waals surface area contributed by atoms with Gasteiger partial charge in [0, 0.05) is 12.6 Å². The van der Waals surface area contributed by atoms with Crippen molar-refractivity contribution in [1.82, 2.24) is 4.90 Å². The van der Waals surface area contributed by atoms with E-state index in [1.807, 2.05) is 6.92 Å². The van der Waals surface area contributed by atoms with Gasteiger partial charge in [-0.1, -0.05) is 24.3 Å². The second-order valence-electron chi connectivity index (χ2n) is 6.02. The molecule has 2 saturated heterocycles. The number of fused-ring (bicyclic) bond motifs is 5. The van der Waals surface area contributed by atoms with Crippen LogP contribution < -0.4 is 0 Å². The fourth-order valence-electron chi connectivity index (χ4n) is 4.28. The first-order chi connectivity index (χ1) is 9.25. The molecule has 0 spiro atoms. The summed E-state index contributed by atoms with van der Waals surface area (Å²) < 4.78 is 5.46. The summed E-state index contributed by atoms with van der Waals surface area (Å²) in [6.45, 7) is 3.11. The van der Waals surface area contributed by atoms with Crippen molar-refractivity contribution in [2.24, 2.45) is 5.92 Å². The number of nitrogens with zero attached hydrogens (tertiary/aromatic N) is 1. The number of cyclic esters (lactones) is 1. The van der Waals surface area contributed by atoms with E-state index in [0.29, 0.717) is 12.1 Å². The molecule has 0 saturated carbocycles. The van der Waals surface area contributed by atoms with Crippen LogP contribution in [-0.2, 0) is 16.0 Å². The van der Waals surface area contributed by atoms with Gasteiger partial charge in [0.25, 0.3) is 0 Å². The van der Waals surface area contributed by atoms with Crippen LogP contribution in [0.15, 0.2) is 24.3 Å². The van der Waals surface area contributed by atoms with E-state index in [4.69, 9.17) is 4.74 Å². The number of carbonyl (C=O) groups excluding carboxylic acids is 1. The standard InChI is InChI=1S/C16H19NO2/c1-10-15-13(16(18)19-10)6-7-14-12-5-3-2-4-11(12)8-9-17(14)15/h2-5,10,13-15H,6-9H2,1H3/t10-,13-,14+,15-/m1/s1. The minimum Gasteiger partial charge on any atom is -0.461 e. The van der Waals surface area contributed by atoms with Gasteiger partial charge in [0.05, 0.1) is 12.0 Å². The smallest absolute Gasteiger partial charge is 0.310 e. The number of esters is 1. The third-order valence-electron chi connectivity index (χ3n) is 5.09. The Kier molecular flexibility index (Phi) is 2.46. The van der Waals surface area contributed by atoms with Crippen LogP contribution in [0.25, 0.3) is 0 Å². The van der Waals surface area contributed by atoms with Crippen LogP contribution >= 0.6 is 0 Å². The Morgan fingerprint density at radius 2 is 2.11 bits per heavy atom. The molecule has 4 rings (SSSR count). The highest BCUT2D eigenvalue weighted by Gasteiger charge is 2.51. The number of benzene rings is 1. The van der Waals surface area contributed by atoms with Crippen LogP contribution in [-0.4, -0.2) is 29.6 Å². The predicted octanol–water partition coefficient (Wildman–Crippen LogP) is 2.31. The molecule has 0 amide bonds. The first-order valence-electron chi connectivity index (χ1n) is 7.30. The molecular weight excluding hydrogens is 238 g/mol. The van der Waals surface area contributed by atoms with E-state index >= 15 is 0 Å². The van der Waals surface area contributed by atoms with E-state index in [-0.39, 0.29) is 18.0 Å². The van der Waals surface area contributed by atoms with Crippen LogP contribution in [0.1, 0.15) is 36.9 Å². The van der Waals surface area contributed by atoms with Crippen molar-refractivity contribution < 1.29 is 9.53 Å². The van der Waals surface area contributed by atoms with Crippen molar-refractivity contribution in [1.29, 1.82) is 0 Å². The lowest BCUT2D eigenvalue weighted by atomic mass is 9.79. The summed E-state index contributed by atoms with van der Waals surface area (Å²) >= 11 is 0. The zero-order chi connectivity index (χ0) is 13.0. The predicted molar refractivity (Wildman–Crippen MR) is 71.7 cm³/mol. The Morgan fingerprint density at radius 1 is 1.26 bits per heavy atom. The molecule has 100 valence electrons. The molecule has 0 aliphatic carbocycles. The second-order valence-corrected chi connectivity index (χ2v) is 6.02. The summed E-state index contributed by atoms with van der Waals surface area (Å²) in [5.74, 6) is 0.131. The average molecular weight is 257 g/mol. The Morgan fingerprint density at radius 3 is 3.00 bits per heavy atom. The lowest BCUT2D eigenvalue weighted by Crippen LogP contribution is -2.52. The molecule has 3 aliphatic rings. The number of rotatable bonds is 0. The van der Waals surface area contributed by atoms with E-state index < -0.39 is 0 Å². The lowest BCUT2D eigenvalue weighted by molar-refractivity contribution is -0.144. The van der Waals surface area contributed by atoms with Gasteiger partial charge in [0.1, 0.15) is 6.10 Å². The van der Waals surface area contributed by atoms with Crippen molar-refractivity contribution in [3.05, 3.63) is 35.4 Å². The summed E-state index contributed by atoms with van der Waals surface area (Å²) in [4.78, 5) is 14.4. The molecule has 3 nitrogen and oxygen atoms in total. The van der Waals surface area contributed by atoms with Gasteiger partial charge in [-0.15, -0.1) is 0 Å². The summed E-state index contributed by atoms with van der Waals surface area (Å²) in [5.41, 5.74) is 2.96.